The molecule has 23 heavy (non-hydrogen) atoms. The summed E-state index contributed by atoms with van der Waals surface area (Å²) in [5.41, 5.74) is 5.32. The van der Waals surface area contributed by atoms with Gasteiger partial charge in [0.25, 0.3) is 0 Å². The minimum atomic E-state index is -0.428. The molecule has 0 atom stereocenters. The summed E-state index contributed by atoms with van der Waals surface area (Å²) in [5.74, 6) is 0.0841. The number of amides is 1. The van der Waals surface area contributed by atoms with Gasteiger partial charge < -0.3 is 20.5 Å². The second-order valence-corrected chi connectivity index (χ2v) is 6.74. The van der Waals surface area contributed by atoms with Gasteiger partial charge in [-0.2, -0.15) is 0 Å². The molecule has 2 aliphatic rings. The molecule has 0 aliphatic carbocycles. The van der Waals surface area contributed by atoms with E-state index in [1.165, 1.54) is 0 Å². The maximum absolute atomic E-state index is 12.4. The first kappa shape index (κ1) is 22.9. The largest absolute Gasteiger partial charge is 0.381 e. The Morgan fingerprint density at radius 2 is 1.87 bits per heavy atom. The second-order valence-electron chi connectivity index (χ2n) is 6.74. The van der Waals surface area contributed by atoms with Crippen molar-refractivity contribution in [3.05, 3.63) is 0 Å². The molecular formula is C15H31Cl2N3O3. The number of halogens is 2. The van der Waals surface area contributed by atoms with Crippen molar-refractivity contribution in [1.29, 1.82) is 0 Å². The quantitative estimate of drug-likeness (QED) is 0.747. The van der Waals surface area contributed by atoms with E-state index >= 15 is 0 Å². The van der Waals surface area contributed by atoms with Crippen molar-refractivity contribution >= 4 is 30.7 Å². The number of morpholine rings is 1. The first-order valence-electron chi connectivity index (χ1n) is 7.90. The van der Waals surface area contributed by atoms with Crippen LogP contribution in [0, 0.1) is 5.41 Å². The van der Waals surface area contributed by atoms with E-state index in [1.807, 2.05) is 0 Å². The fourth-order valence-corrected chi connectivity index (χ4v) is 3.11. The highest BCUT2D eigenvalue weighted by Crippen LogP contribution is 2.29. The van der Waals surface area contributed by atoms with Crippen molar-refractivity contribution in [3.8, 4) is 0 Å². The number of nitrogens with zero attached hydrogens (tertiary/aromatic N) is 1. The maximum Gasteiger partial charge on any atom is 0.227 e. The number of nitrogens with two attached hydrogens (primary N) is 1. The molecule has 0 aromatic rings. The van der Waals surface area contributed by atoms with Crippen molar-refractivity contribution in [3.63, 3.8) is 0 Å². The van der Waals surface area contributed by atoms with Crippen molar-refractivity contribution in [2.45, 2.75) is 32.3 Å². The van der Waals surface area contributed by atoms with Crippen LogP contribution in [0.5, 0.6) is 0 Å². The molecule has 3 N–H and O–H groups in total. The van der Waals surface area contributed by atoms with Gasteiger partial charge in [0.15, 0.2) is 0 Å². The van der Waals surface area contributed by atoms with Gasteiger partial charge in [-0.25, -0.2) is 0 Å². The van der Waals surface area contributed by atoms with E-state index in [0.717, 1.165) is 39.1 Å². The number of carbonyl (C=O) groups is 1. The third kappa shape index (κ3) is 6.36. The lowest BCUT2D eigenvalue weighted by atomic mass is 9.79. The topological polar surface area (TPSA) is 76.8 Å². The van der Waals surface area contributed by atoms with E-state index in [4.69, 9.17) is 15.2 Å². The van der Waals surface area contributed by atoms with Crippen LogP contribution >= 0.6 is 24.8 Å². The standard InChI is InChI=1S/C15H29N3O3.2ClH/c1-14(2)12-18(7-10-21-14)6-5-17-13(19)15(11-16)3-8-20-9-4-15;;/h3-12,16H2,1-2H3,(H,17,19);2*1H. The van der Waals surface area contributed by atoms with Gasteiger partial charge in [0.1, 0.15) is 0 Å². The Morgan fingerprint density at radius 3 is 2.43 bits per heavy atom. The zero-order valence-corrected chi connectivity index (χ0v) is 15.8. The Morgan fingerprint density at radius 1 is 1.22 bits per heavy atom. The number of rotatable bonds is 5. The Labute approximate surface area is 151 Å². The van der Waals surface area contributed by atoms with Gasteiger partial charge in [-0.05, 0) is 26.7 Å². The van der Waals surface area contributed by atoms with Crippen molar-refractivity contribution in [2.75, 3.05) is 52.5 Å². The average molecular weight is 372 g/mol. The van der Waals surface area contributed by atoms with E-state index < -0.39 is 5.41 Å². The van der Waals surface area contributed by atoms with Gasteiger partial charge in [-0.15, -0.1) is 24.8 Å². The first-order chi connectivity index (χ1) is 9.97. The zero-order chi connectivity index (χ0) is 15.3. The van der Waals surface area contributed by atoms with Gasteiger partial charge in [0.05, 0.1) is 17.6 Å². The van der Waals surface area contributed by atoms with Gasteiger partial charge in [0, 0.05) is 45.9 Å². The monoisotopic (exact) mass is 371 g/mol. The predicted octanol–water partition coefficient (Wildman–Crippen LogP) is 0.813. The molecule has 2 fully saturated rings. The SMILES string of the molecule is CC1(C)CN(CCNC(=O)C2(CN)CCOCC2)CCO1.Cl.Cl. The molecule has 8 heteroatoms. The summed E-state index contributed by atoms with van der Waals surface area (Å²) in [4.78, 5) is 14.8. The summed E-state index contributed by atoms with van der Waals surface area (Å²) in [6.07, 6.45) is 1.44. The van der Waals surface area contributed by atoms with Crippen LogP contribution in [0.15, 0.2) is 0 Å². The molecule has 6 nitrogen and oxygen atoms in total. The molecule has 0 bridgehead atoms. The molecule has 2 rings (SSSR count). The third-order valence-corrected chi connectivity index (χ3v) is 4.54. The van der Waals surface area contributed by atoms with E-state index in [1.54, 1.807) is 0 Å². The lowest BCUT2D eigenvalue weighted by Crippen LogP contribution is -2.52. The molecule has 0 saturated carbocycles. The highest BCUT2D eigenvalue weighted by Gasteiger charge is 2.38. The number of hydrogen-bond acceptors (Lipinski definition) is 5. The first-order valence-corrected chi connectivity index (χ1v) is 7.90. The van der Waals surface area contributed by atoms with Crippen LogP contribution in [0.3, 0.4) is 0 Å². The van der Waals surface area contributed by atoms with Crippen LogP contribution in [-0.2, 0) is 14.3 Å². The molecule has 0 spiro atoms. The molecule has 1 amide bonds. The fraction of sp³-hybridized carbons (Fsp3) is 0.933. The van der Waals surface area contributed by atoms with Gasteiger partial charge >= 0.3 is 0 Å². The van der Waals surface area contributed by atoms with E-state index in [0.29, 0.717) is 26.3 Å². The molecule has 2 saturated heterocycles. The van der Waals surface area contributed by atoms with Crippen LogP contribution in [0.25, 0.3) is 0 Å². The lowest BCUT2D eigenvalue weighted by molar-refractivity contribution is -0.136. The normalized spacial score (nSPS) is 23.3. The van der Waals surface area contributed by atoms with Crippen molar-refractivity contribution < 1.29 is 14.3 Å². The van der Waals surface area contributed by atoms with E-state index in [-0.39, 0.29) is 36.3 Å². The van der Waals surface area contributed by atoms with Crippen molar-refractivity contribution in [1.82, 2.24) is 10.2 Å². The van der Waals surface area contributed by atoms with Crippen LogP contribution in [0.2, 0.25) is 0 Å². The summed E-state index contributed by atoms with van der Waals surface area (Å²) in [7, 11) is 0. The summed E-state index contributed by atoms with van der Waals surface area (Å²) >= 11 is 0. The van der Waals surface area contributed by atoms with E-state index in [2.05, 4.69) is 24.1 Å². The van der Waals surface area contributed by atoms with Crippen LogP contribution in [0.4, 0.5) is 0 Å². The molecule has 0 aromatic carbocycles. The summed E-state index contributed by atoms with van der Waals surface area (Å²) in [6, 6.07) is 0. The highest BCUT2D eigenvalue weighted by molar-refractivity contribution is 5.85. The van der Waals surface area contributed by atoms with Crippen LogP contribution < -0.4 is 11.1 Å². The van der Waals surface area contributed by atoms with Crippen molar-refractivity contribution in [2.24, 2.45) is 11.1 Å². The minimum absolute atomic E-state index is 0. The van der Waals surface area contributed by atoms with Gasteiger partial charge in [-0.1, -0.05) is 0 Å². The molecule has 0 radical (unpaired) electrons. The Kier molecular flexibility index (Phi) is 9.96. The molecular weight excluding hydrogens is 341 g/mol. The molecule has 2 heterocycles. The third-order valence-electron chi connectivity index (χ3n) is 4.54. The Hall–Kier alpha value is -0.110. The predicted molar refractivity (Wildman–Crippen MR) is 95.5 cm³/mol. The summed E-state index contributed by atoms with van der Waals surface area (Å²) in [5, 5.41) is 3.06. The number of carbonyl (C=O) groups excluding carboxylic acids is 1. The van der Waals surface area contributed by atoms with Gasteiger partial charge in [-0.3, -0.25) is 9.69 Å². The van der Waals surface area contributed by atoms with Crippen LogP contribution in [-0.4, -0.2) is 69.0 Å². The number of hydrogen-bond donors (Lipinski definition) is 2. The van der Waals surface area contributed by atoms with E-state index in [9.17, 15) is 4.79 Å². The molecule has 2 aliphatic heterocycles. The Balaban J connectivity index is 0.00000242. The average Bonchev–Trinajstić information content (AvgIpc) is 2.47. The number of ether oxygens (including phenoxy) is 2. The molecule has 138 valence electrons. The van der Waals surface area contributed by atoms with Gasteiger partial charge in [0.2, 0.25) is 5.91 Å². The number of nitrogens with one attached hydrogen (secondary N) is 1. The summed E-state index contributed by atoms with van der Waals surface area (Å²) in [6.45, 7) is 9.95. The smallest absolute Gasteiger partial charge is 0.227 e. The molecule has 0 aromatic heterocycles. The molecule has 0 unspecified atom stereocenters. The highest BCUT2D eigenvalue weighted by atomic mass is 35.5. The maximum atomic E-state index is 12.4. The minimum Gasteiger partial charge on any atom is -0.381 e. The second kappa shape index (κ2) is 10.0. The summed E-state index contributed by atoms with van der Waals surface area (Å²) < 4.78 is 11.0. The van der Waals surface area contributed by atoms with Crippen LogP contribution in [0.1, 0.15) is 26.7 Å². The zero-order valence-electron chi connectivity index (χ0n) is 14.1. The lowest BCUT2D eigenvalue weighted by Gasteiger charge is -2.38. The fourth-order valence-electron chi connectivity index (χ4n) is 3.11. The Bertz CT molecular complexity index is 364.